The summed E-state index contributed by atoms with van der Waals surface area (Å²) in [6, 6.07) is -0.640. The SMILES string of the molecule is CC1CCN(C(=O)CCC2CCCCO2)C(C(=O)O)C1. The van der Waals surface area contributed by atoms with Crippen LogP contribution in [0.1, 0.15) is 51.9 Å². The third-order valence-corrected chi connectivity index (χ3v) is 4.42. The summed E-state index contributed by atoms with van der Waals surface area (Å²) in [7, 11) is 0. The summed E-state index contributed by atoms with van der Waals surface area (Å²) in [5.74, 6) is -0.529. The second-order valence-electron chi connectivity index (χ2n) is 6.10. The van der Waals surface area contributed by atoms with Crippen molar-refractivity contribution >= 4 is 11.9 Å². The molecule has 20 heavy (non-hydrogen) atoms. The zero-order valence-electron chi connectivity index (χ0n) is 12.2. The predicted molar refractivity (Wildman–Crippen MR) is 74.4 cm³/mol. The fourth-order valence-electron chi connectivity index (χ4n) is 3.14. The summed E-state index contributed by atoms with van der Waals surface area (Å²) in [6.07, 6.45) is 6.07. The fourth-order valence-corrected chi connectivity index (χ4v) is 3.14. The van der Waals surface area contributed by atoms with Crippen molar-refractivity contribution in [2.45, 2.75) is 64.0 Å². The maximum absolute atomic E-state index is 12.3. The number of likely N-dealkylation sites (tertiary alicyclic amines) is 1. The molecule has 5 nitrogen and oxygen atoms in total. The smallest absolute Gasteiger partial charge is 0.326 e. The molecule has 3 unspecified atom stereocenters. The number of carboxylic acids is 1. The van der Waals surface area contributed by atoms with Crippen molar-refractivity contribution in [3.8, 4) is 0 Å². The molecule has 114 valence electrons. The second-order valence-corrected chi connectivity index (χ2v) is 6.10. The van der Waals surface area contributed by atoms with E-state index in [2.05, 4.69) is 0 Å². The Hall–Kier alpha value is -1.10. The predicted octanol–water partition coefficient (Wildman–Crippen LogP) is 2.05. The first kappa shape index (κ1) is 15.3. The quantitative estimate of drug-likeness (QED) is 0.857. The molecule has 0 aromatic carbocycles. The number of hydrogen-bond acceptors (Lipinski definition) is 3. The number of hydrogen-bond donors (Lipinski definition) is 1. The summed E-state index contributed by atoms with van der Waals surface area (Å²) >= 11 is 0. The van der Waals surface area contributed by atoms with Crippen LogP contribution in [0.4, 0.5) is 0 Å². The highest BCUT2D eigenvalue weighted by molar-refractivity contribution is 5.83. The van der Waals surface area contributed by atoms with E-state index in [1.54, 1.807) is 4.90 Å². The number of carbonyl (C=O) groups excluding carboxylic acids is 1. The van der Waals surface area contributed by atoms with Gasteiger partial charge in [-0.25, -0.2) is 4.79 Å². The Morgan fingerprint density at radius 2 is 2.10 bits per heavy atom. The first-order chi connectivity index (χ1) is 9.58. The molecule has 0 aromatic heterocycles. The standard InChI is InChI=1S/C15H25NO4/c1-11-7-8-16(13(10-11)15(18)19)14(17)6-5-12-4-2-3-9-20-12/h11-13H,2-10H2,1H3,(H,18,19). The number of piperidine rings is 1. The molecule has 1 N–H and O–H groups in total. The highest BCUT2D eigenvalue weighted by Gasteiger charge is 2.34. The summed E-state index contributed by atoms with van der Waals surface area (Å²) in [5.41, 5.74) is 0. The van der Waals surface area contributed by atoms with Crippen molar-refractivity contribution in [3.63, 3.8) is 0 Å². The lowest BCUT2D eigenvalue weighted by atomic mass is 9.92. The number of carboxylic acid groups (broad SMARTS) is 1. The van der Waals surface area contributed by atoms with Gasteiger partial charge in [0.05, 0.1) is 6.10 Å². The van der Waals surface area contributed by atoms with E-state index in [0.29, 0.717) is 25.3 Å². The number of rotatable bonds is 4. The van der Waals surface area contributed by atoms with Crippen LogP contribution < -0.4 is 0 Å². The van der Waals surface area contributed by atoms with E-state index in [0.717, 1.165) is 38.7 Å². The van der Waals surface area contributed by atoms with Crippen LogP contribution in [0.15, 0.2) is 0 Å². The largest absolute Gasteiger partial charge is 0.480 e. The van der Waals surface area contributed by atoms with E-state index < -0.39 is 12.0 Å². The minimum absolute atomic E-state index is 0.0292. The molecule has 0 saturated carbocycles. The third-order valence-electron chi connectivity index (χ3n) is 4.42. The van der Waals surface area contributed by atoms with Crippen LogP contribution >= 0.6 is 0 Å². The summed E-state index contributed by atoms with van der Waals surface area (Å²) in [6.45, 7) is 3.41. The number of carbonyl (C=O) groups is 2. The van der Waals surface area contributed by atoms with Crippen molar-refractivity contribution in [1.82, 2.24) is 4.90 Å². The first-order valence-corrected chi connectivity index (χ1v) is 7.72. The molecule has 2 rings (SSSR count). The minimum Gasteiger partial charge on any atom is -0.480 e. The molecule has 0 bridgehead atoms. The molecule has 2 aliphatic heterocycles. The molecule has 2 aliphatic rings. The van der Waals surface area contributed by atoms with Crippen LogP contribution in [0.5, 0.6) is 0 Å². The number of amides is 1. The van der Waals surface area contributed by atoms with Gasteiger partial charge >= 0.3 is 5.97 Å². The maximum Gasteiger partial charge on any atom is 0.326 e. The third kappa shape index (κ3) is 3.95. The van der Waals surface area contributed by atoms with E-state index in [9.17, 15) is 14.7 Å². The molecule has 5 heteroatoms. The Kier molecular flexibility index (Phi) is 5.40. The van der Waals surface area contributed by atoms with E-state index in [-0.39, 0.29) is 12.0 Å². The van der Waals surface area contributed by atoms with Crippen LogP contribution in [-0.4, -0.2) is 47.2 Å². The summed E-state index contributed by atoms with van der Waals surface area (Å²) in [5, 5.41) is 9.27. The highest BCUT2D eigenvalue weighted by Crippen LogP contribution is 2.24. The molecular weight excluding hydrogens is 258 g/mol. The van der Waals surface area contributed by atoms with Crippen molar-refractivity contribution < 1.29 is 19.4 Å². The lowest BCUT2D eigenvalue weighted by molar-refractivity contribution is -0.153. The molecule has 0 aliphatic carbocycles. The average molecular weight is 283 g/mol. The van der Waals surface area contributed by atoms with E-state index in [1.807, 2.05) is 6.92 Å². The van der Waals surface area contributed by atoms with Crippen molar-refractivity contribution in [1.29, 1.82) is 0 Å². The van der Waals surface area contributed by atoms with Gasteiger partial charge in [0.1, 0.15) is 6.04 Å². The van der Waals surface area contributed by atoms with Crippen LogP contribution in [0.2, 0.25) is 0 Å². The van der Waals surface area contributed by atoms with E-state index in [1.165, 1.54) is 0 Å². The van der Waals surface area contributed by atoms with Crippen molar-refractivity contribution in [2.75, 3.05) is 13.2 Å². The molecule has 2 heterocycles. The van der Waals surface area contributed by atoms with Crippen LogP contribution in [0.3, 0.4) is 0 Å². The molecule has 1 amide bonds. The summed E-state index contributed by atoms with van der Waals surface area (Å²) < 4.78 is 5.62. The average Bonchev–Trinajstić information content (AvgIpc) is 2.45. The molecule has 2 saturated heterocycles. The van der Waals surface area contributed by atoms with Crippen LogP contribution in [0, 0.1) is 5.92 Å². The normalized spacial score (nSPS) is 31.1. The Labute approximate surface area is 120 Å². The van der Waals surface area contributed by atoms with Crippen LogP contribution in [0.25, 0.3) is 0 Å². The fraction of sp³-hybridized carbons (Fsp3) is 0.867. The minimum atomic E-state index is -0.876. The lowest BCUT2D eigenvalue weighted by Gasteiger charge is -2.36. The van der Waals surface area contributed by atoms with Gasteiger partial charge in [-0.15, -0.1) is 0 Å². The monoisotopic (exact) mass is 283 g/mol. The highest BCUT2D eigenvalue weighted by atomic mass is 16.5. The summed E-state index contributed by atoms with van der Waals surface area (Å²) in [4.78, 5) is 25.1. The Morgan fingerprint density at radius 1 is 1.30 bits per heavy atom. The van der Waals surface area contributed by atoms with Gasteiger partial charge in [-0.2, -0.15) is 0 Å². The van der Waals surface area contributed by atoms with Crippen molar-refractivity contribution in [2.24, 2.45) is 5.92 Å². The maximum atomic E-state index is 12.3. The molecule has 2 fully saturated rings. The molecule has 3 atom stereocenters. The number of nitrogens with zero attached hydrogens (tertiary/aromatic N) is 1. The zero-order chi connectivity index (χ0) is 14.5. The van der Waals surface area contributed by atoms with Gasteiger partial charge in [0, 0.05) is 19.6 Å². The van der Waals surface area contributed by atoms with E-state index in [4.69, 9.17) is 4.74 Å². The van der Waals surface area contributed by atoms with Gasteiger partial charge in [0.2, 0.25) is 5.91 Å². The zero-order valence-corrected chi connectivity index (χ0v) is 12.2. The molecule has 0 spiro atoms. The Morgan fingerprint density at radius 3 is 2.75 bits per heavy atom. The van der Waals surface area contributed by atoms with Gasteiger partial charge in [0.25, 0.3) is 0 Å². The molecule has 0 radical (unpaired) electrons. The van der Waals surface area contributed by atoms with Crippen molar-refractivity contribution in [3.05, 3.63) is 0 Å². The van der Waals surface area contributed by atoms with Gasteiger partial charge in [-0.05, 0) is 44.4 Å². The van der Waals surface area contributed by atoms with Gasteiger partial charge in [0.15, 0.2) is 0 Å². The lowest BCUT2D eigenvalue weighted by Crippen LogP contribution is -2.49. The Bertz CT molecular complexity index is 352. The Balaban J connectivity index is 1.84. The van der Waals surface area contributed by atoms with Gasteiger partial charge in [-0.3, -0.25) is 4.79 Å². The number of ether oxygens (including phenoxy) is 1. The first-order valence-electron chi connectivity index (χ1n) is 7.72. The topological polar surface area (TPSA) is 66.8 Å². The molecular formula is C15H25NO4. The van der Waals surface area contributed by atoms with Gasteiger partial charge < -0.3 is 14.7 Å². The second kappa shape index (κ2) is 7.07. The molecule has 0 aromatic rings. The number of aliphatic carboxylic acids is 1. The van der Waals surface area contributed by atoms with Gasteiger partial charge in [-0.1, -0.05) is 6.92 Å². The van der Waals surface area contributed by atoms with Crippen LogP contribution in [-0.2, 0) is 14.3 Å². The van der Waals surface area contributed by atoms with E-state index >= 15 is 0 Å².